The van der Waals surface area contributed by atoms with Gasteiger partial charge in [0, 0.05) is 18.8 Å². The molecule has 0 amide bonds. The maximum Gasteiger partial charge on any atom is 0.128 e. The maximum absolute atomic E-state index is 8.91. The van der Waals surface area contributed by atoms with Crippen molar-refractivity contribution in [1.29, 1.82) is 0 Å². The molecule has 1 heterocycles. The Morgan fingerprint density at radius 2 is 2.16 bits per heavy atom. The summed E-state index contributed by atoms with van der Waals surface area (Å²) in [5.74, 6) is 1.34. The second kappa shape index (κ2) is 6.57. The third-order valence-corrected chi connectivity index (χ3v) is 3.49. The van der Waals surface area contributed by atoms with Gasteiger partial charge >= 0.3 is 0 Å². The third-order valence-electron chi connectivity index (χ3n) is 3.49. The van der Waals surface area contributed by atoms with E-state index in [2.05, 4.69) is 5.16 Å². The number of nitrogens with zero attached hydrogens (tertiary/aromatic N) is 1. The SMILES string of the molecule is CC(=NO)c1ccc(C)cc1OCC1CCOCC1. The van der Waals surface area contributed by atoms with E-state index < -0.39 is 0 Å². The second-order valence-corrected chi connectivity index (χ2v) is 5.05. The number of ether oxygens (including phenoxy) is 2. The molecular weight excluding hydrogens is 242 g/mol. The normalized spacial score (nSPS) is 17.5. The number of hydrogen-bond acceptors (Lipinski definition) is 4. The highest BCUT2D eigenvalue weighted by Crippen LogP contribution is 2.23. The van der Waals surface area contributed by atoms with Gasteiger partial charge in [0.2, 0.25) is 0 Å². The van der Waals surface area contributed by atoms with E-state index in [4.69, 9.17) is 14.7 Å². The zero-order valence-electron chi connectivity index (χ0n) is 11.6. The average Bonchev–Trinajstić information content (AvgIpc) is 2.45. The average molecular weight is 263 g/mol. The molecule has 0 bridgehead atoms. The van der Waals surface area contributed by atoms with Crippen molar-refractivity contribution in [3.05, 3.63) is 29.3 Å². The van der Waals surface area contributed by atoms with Gasteiger partial charge in [0.05, 0.1) is 12.3 Å². The van der Waals surface area contributed by atoms with Crippen molar-refractivity contribution in [2.24, 2.45) is 11.1 Å². The van der Waals surface area contributed by atoms with Gasteiger partial charge in [-0.25, -0.2) is 0 Å². The highest BCUT2D eigenvalue weighted by atomic mass is 16.5. The zero-order valence-corrected chi connectivity index (χ0v) is 11.6. The Hall–Kier alpha value is -1.55. The minimum Gasteiger partial charge on any atom is -0.493 e. The van der Waals surface area contributed by atoms with Crippen LogP contribution in [-0.2, 0) is 4.74 Å². The number of hydrogen-bond donors (Lipinski definition) is 1. The first kappa shape index (κ1) is 13.9. The molecule has 1 aliphatic heterocycles. The van der Waals surface area contributed by atoms with E-state index in [0.29, 0.717) is 18.2 Å². The van der Waals surface area contributed by atoms with Crippen LogP contribution >= 0.6 is 0 Å². The molecule has 1 aliphatic rings. The fraction of sp³-hybridized carbons (Fsp3) is 0.533. The lowest BCUT2D eigenvalue weighted by Gasteiger charge is -2.22. The standard InChI is InChI=1S/C15H21NO3/c1-11-3-4-14(12(2)16-17)15(9-11)19-10-13-5-7-18-8-6-13/h3-4,9,13,17H,5-8,10H2,1-2H3. The largest absolute Gasteiger partial charge is 0.493 e. The van der Waals surface area contributed by atoms with Crippen LogP contribution in [0.4, 0.5) is 0 Å². The van der Waals surface area contributed by atoms with Gasteiger partial charge in [-0.05, 0) is 50.3 Å². The number of aryl methyl sites for hydroxylation is 1. The lowest BCUT2D eigenvalue weighted by molar-refractivity contribution is 0.0497. The van der Waals surface area contributed by atoms with Gasteiger partial charge in [0.25, 0.3) is 0 Å². The molecule has 0 aliphatic carbocycles. The zero-order chi connectivity index (χ0) is 13.7. The Balaban J connectivity index is 2.07. The van der Waals surface area contributed by atoms with Crippen LogP contribution in [0.1, 0.15) is 30.9 Å². The highest BCUT2D eigenvalue weighted by molar-refractivity contribution is 6.00. The molecule has 1 N–H and O–H groups in total. The minimum absolute atomic E-state index is 0.550. The Bertz CT molecular complexity index is 451. The van der Waals surface area contributed by atoms with Crippen molar-refractivity contribution in [1.82, 2.24) is 0 Å². The van der Waals surface area contributed by atoms with Crippen LogP contribution < -0.4 is 4.74 Å². The smallest absolute Gasteiger partial charge is 0.128 e. The first-order chi connectivity index (χ1) is 9.20. The van der Waals surface area contributed by atoms with E-state index in [1.165, 1.54) is 0 Å². The van der Waals surface area contributed by atoms with Crippen molar-refractivity contribution in [3.8, 4) is 5.75 Å². The van der Waals surface area contributed by atoms with Crippen LogP contribution in [0.15, 0.2) is 23.4 Å². The summed E-state index contributed by atoms with van der Waals surface area (Å²) in [4.78, 5) is 0. The number of oxime groups is 1. The summed E-state index contributed by atoms with van der Waals surface area (Å²) >= 11 is 0. The van der Waals surface area contributed by atoms with Crippen molar-refractivity contribution in [2.75, 3.05) is 19.8 Å². The van der Waals surface area contributed by atoms with E-state index in [1.54, 1.807) is 6.92 Å². The molecule has 2 rings (SSSR count). The molecule has 19 heavy (non-hydrogen) atoms. The van der Waals surface area contributed by atoms with Crippen LogP contribution in [0.5, 0.6) is 5.75 Å². The number of benzene rings is 1. The van der Waals surface area contributed by atoms with Crippen molar-refractivity contribution in [3.63, 3.8) is 0 Å². The molecule has 104 valence electrons. The van der Waals surface area contributed by atoms with E-state index in [9.17, 15) is 0 Å². The van der Waals surface area contributed by atoms with Crippen LogP contribution in [0, 0.1) is 12.8 Å². The first-order valence-corrected chi connectivity index (χ1v) is 6.71. The first-order valence-electron chi connectivity index (χ1n) is 6.71. The monoisotopic (exact) mass is 263 g/mol. The summed E-state index contributed by atoms with van der Waals surface area (Å²) < 4.78 is 11.3. The van der Waals surface area contributed by atoms with E-state index in [-0.39, 0.29) is 0 Å². The quantitative estimate of drug-likeness (QED) is 0.516. The Morgan fingerprint density at radius 3 is 2.84 bits per heavy atom. The molecule has 4 nitrogen and oxygen atoms in total. The summed E-state index contributed by atoms with van der Waals surface area (Å²) in [6, 6.07) is 5.92. The lowest BCUT2D eigenvalue weighted by Crippen LogP contribution is -2.21. The van der Waals surface area contributed by atoms with Gasteiger partial charge in [-0.3, -0.25) is 0 Å². The number of rotatable bonds is 4. The van der Waals surface area contributed by atoms with E-state index in [0.717, 1.165) is 42.9 Å². The molecule has 1 saturated heterocycles. The molecule has 0 aromatic heterocycles. The van der Waals surface area contributed by atoms with Gasteiger partial charge in [0.15, 0.2) is 0 Å². The molecule has 1 aromatic rings. The van der Waals surface area contributed by atoms with Gasteiger partial charge in [0.1, 0.15) is 5.75 Å². The maximum atomic E-state index is 8.91. The van der Waals surface area contributed by atoms with Gasteiger partial charge in [-0.15, -0.1) is 0 Å². The molecule has 0 unspecified atom stereocenters. The second-order valence-electron chi connectivity index (χ2n) is 5.05. The van der Waals surface area contributed by atoms with Crippen LogP contribution in [-0.4, -0.2) is 30.7 Å². The fourth-order valence-corrected chi connectivity index (χ4v) is 2.22. The van der Waals surface area contributed by atoms with Gasteiger partial charge in [-0.1, -0.05) is 11.2 Å². The lowest BCUT2D eigenvalue weighted by atomic mass is 10.0. The minimum atomic E-state index is 0.550. The van der Waals surface area contributed by atoms with Crippen LogP contribution in [0.2, 0.25) is 0 Å². The summed E-state index contributed by atoms with van der Waals surface area (Å²) in [5, 5.41) is 12.2. The molecule has 1 aromatic carbocycles. The molecule has 4 heteroatoms. The van der Waals surface area contributed by atoms with E-state index in [1.807, 2.05) is 25.1 Å². The third kappa shape index (κ3) is 3.70. The molecule has 0 spiro atoms. The van der Waals surface area contributed by atoms with Gasteiger partial charge < -0.3 is 14.7 Å². The van der Waals surface area contributed by atoms with E-state index >= 15 is 0 Å². The molecule has 0 radical (unpaired) electrons. The predicted octanol–water partition coefficient (Wildman–Crippen LogP) is 3.00. The molecule has 1 fully saturated rings. The predicted molar refractivity (Wildman–Crippen MR) is 74.2 cm³/mol. The fourth-order valence-electron chi connectivity index (χ4n) is 2.22. The van der Waals surface area contributed by atoms with Gasteiger partial charge in [-0.2, -0.15) is 0 Å². The summed E-state index contributed by atoms with van der Waals surface area (Å²) in [5.41, 5.74) is 2.55. The summed E-state index contributed by atoms with van der Waals surface area (Å²) in [7, 11) is 0. The van der Waals surface area contributed by atoms with Crippen molar-refractivity contribution in [2.45, 2.75) is 26.7 Å². The molecular formula is C15H21NO3. The Kier molecular flexibility index (Phi) is 4.80. The molecule has 0 saturated carbocycles. The van der Waals surface area contributed by atoms with Crippen LogP contribution in [0.25, 0.3) is 0 Å². The van der Waals surface area contributed by atoms with Crippen LogP contribution in [0.3, 0.4) is 0 Å². The Morgan fingerprint density at radius 1 is 1.42 bits per heavy atom. The topological polar surface area (TPSA) is 51.1 Å². The highest BCUT2D eigenvalue weighted by Gasteiger charge is 2.16. The summed E-state index contributed by atoms with van der Waals surface area (Å²) in [6.45, 7) is 6.14. The van der Waals surface area contributed by atoms with Crippen molar-refractivity contribution < 1.29 is 14.7 Å². The molecule has 0 atom stereocenters. The van der Waals surface area contributed by atoms with Crippen molar-refractivity contribution >= 4 is 5.71 Å². The Labute approximate surface area is 114 Å². The summed E-state index contributed by atoms with van der Waals surface area (Å²) in [6.07, 6.45) is 2.10.